The number of nitrogens with zero attached hydrogens (tertiary/aromatic N) is 3. The van der Waals surface area contributed by atoms with Gasteiger partial charge >= 0.3 is 0 Å². The molecule has 0 radical (unpaired) electrons. The van der Waals surface area contributed by atoms with Crippen LogP contribution in [-0.4, -0.2) is 19.5 Å². The van der Waals surface area contributed by atoms with E-state index in [0.717, 1.165) is 39.6 Å². The van der Waals surface area contributed by atoms with Crippen molar-refractivity contribution in [2.24, 2.45) is 0 Å². The molecule has 8 rings (SSSR count). The van der Waals surface area contributed by atoms with Gasteiger partial charge in [0.15, 0.2) is 0 Å². The van der Waals surface area contributed by atoms with Gasteiger partial charge in [0.05, 0.1) is 22.6 Å². The Labute approximate surface area is 226 Å². The lowest BCUT2D eigenvalue weighted by atomic mass is 9.82. The first-order chi connectivity index (χ1) is 19.1. The summed E-state index contributed by atoms with van der Waals surface area (Å²) < 4.78 is 2.19. The molecule has 4 aromatic heterocycles. The summed E-state index contributed by atoms with van der Waals surface area (Å²) in [6, 6.07) is 38.5. The van der Waals surface area contributed by atoms with Crippen LogP contribution in [0.25, 0.3) is 61.5 Å². The number of aromatic nitrogens is 4. The van der Waals surface area contributed by atoms with Crippen LogP contribution in [0, 0.1) is 0 Å². The quantitative estimate of drug-likeness (QED) is 0.263. The van der Waals surface area contributed by atoms with Crippen LogP contribution >= 0.6 is 0 Å². The normalized spacial score (nSPS) is 13.6. The summed E-state index contributed by atoms with van der Waals surface area (Å²) in [5.41, 5.74) is 11.3. The van der Waals surface area contributed by atoms with Crippen molar-refractivity contribution < 1.29 is 0 Å². The third-order valence-corrected chi connectivity index (χ3v) is 8.24. The maximum Gasteiger partial charge on any atom is 0.139 e. The Bertz CT molecular complexity index is 2060. The van der Waals surface area contributed by atoms with Crippen molar-refractivity contribution in [2.75, 3.05) is 0 Å². The number of para-hydroxylation sites is 1. The summed E-state index contributed by atoms with van der Waals surface area (Å²) in [6.45, 7) is 4.62. The van der Waals surface area contributed by atoms with Crippen LogP contribution in [0.15, 0.2) is 115 Å². The molecule has 0 unspecified atom stereocenters. The highest BCUT2D eigenvalue weighted by Crippen LogP contribution is 2.49. The monoisotopic (exact) mass is 502 g/mol. The van der Waals surface area contributed by atoms with E-state index in [9.17, 15) is 0 Å². The Morgan fingerprint density at radius 3 is 2.28 bits per heavy atom. The van der Waals surface area contributed by atoms with Crippen molar-refractivity contribution in [1.29, 1.82) is 0 Å². The van der Waals surface area contributed by atoms with E-state index in [2.05, 4.69) is 120 Å². The van der Waals surface area contributed by atoms with E-state index < -0.39 is 0 Å². The van der Waals surface area contributed by atoms with E-state index in [1.54, 1.807) is 0 Å². The second-order valence-electron chi connectivity index (χ2n) is 10.8. The van der Waals surface area contributed by atoms with Gasteiger partial charge in [-0.1, -0.05) is 80.6 Å². The third-order valence-electron chi connectivity index (χ3n) is 8.24. The Morgan fingerprint density at radius 1 is 0.615 bits per heavy atom. The first-order valence-electron chi connectivity index (χ1n) is 13.4. The zero-order valence-electron chi connectivity index (χ0n) is 21.8. The van der Waals surface area contributed by atoms with E-state index in [1.165, 1.54) is 33.0 Å². The zero-order valence-corrected chi connectivity index (χ0v) is 21.8. The number of pyridine rings is 2. The number of H-pyrrole nitrogens is 1. The van der Waals surface area contributed by atoms with Gasteiger partial charge in [-0.05, 0) is 64.7 Å². The van der Waals surface area contributed by atoms with E-state index in [-0.39, 0.29) is 5.41 Å². The summed E-state index contributed by atoms with van der Waals surface area (Å²) in [5.74, 6) is 0.866. The van der Waals surface area contributed by atoms with Gasteiger partial charge in [-0.2, -0.15) is 0 Å². The van der Waals surface area contributed by atoms with Crippen LogP contribution in [0.5, 0.6) is 0 Å². The molecule has 0 bridgehead atoms. The van der Waals surface area contributed by atoms with Crippen LogP contribution in [0.3, 0.4) is 0 Å². The van der Waals surface area contributed by atoms with Crippen molar-refractivity contribution in [3.05, 3.63) is 127 Å². The van der Waals surface area contributed by atoms with Gasteiger partial charge in [0.1, 0.15) is 11.5 Å². The fourth-order valence-electron chi connectivity index (χ4n) is 6.31. The molecule has 0 amide bonds. The molecule has 0 saturated carbocycles. The standard InChI is InChI=1S/C35H26N4/c1-35(2)27-11-5-3-9-23(27)24-18-17-22(21-28(24)35)29-12-7-13-30(37-29)31-14-8-16-33(38-31)39-32-15-6-4-10-25(32)26-19-20-36-34(26)39/h3-21,36H,1-2H3. The van der Waals surface area contributed by atoms with E-state index in [1.807, 2.05) is 18.3 Å². The van der Waals surface area contributed by atoms with Crippen LogP contribution in [-0.2, 0) is 5.41 Å². The van der Waals surface area contributed by atoms with Gasteiger partial charge < -0.3 is 4.98 Å². The lowest BCUT2D eigenvalue weighted by Crippen LogP contribution is -2.14. The van der Waals surface area contributed by atoms with Gasteiger partial charge in [-0.3, -0.25) is 4.57 Å². The highest BCUT2D eigenvalue weighted by Gasteiger charge is 2.35. The highest BCUT2D eigenvalue weighted by molar-refractivity contribution is 6.08. The molecule has 4 heterocycles. The second kappa shape index (κ2) is 8.02. The molecule has 1 N–H and O–H groups in total. The van der Waals surface area contributed by atoms with E-state index in [0.29, 0.717) is 0 Å². The van der Waals surface area contributed by atoms with Crippen LogP contribution in [0.2, 0.25) is 0 Å². The number of hydrogen-bond acceptors (Lipinski definition) is 2. The van der Waals surface area contributed by atoms with Crippen molar-refractivity contribution in [1.82, 2.24) is 19.5 Å². The summed E-state index contributed by atoms with van der Waals surface area (Å²) in [4.78, 5) is 13.6. The maximum absolute atomic E-state index is 5.09. The molecule has 186 valence electrons. The number of fused-ring (bicyclic) bond motifs is 6. The number of hydrogen-bond donors (Lipinski definition) is 1. The Morgan fingerprint density at radius 2 is 1.36 bits per heavy atom. The molecular formula is C35H26N4. The number of aromatic amines is 1. The minimum absolute atomic E-state index is 0.0435. The van der Waals surface area contributed by atoms with E-state index in [4.69, 9.17) is 9.97 Å². The molecule has 0 fully saturated rings. The number of rotatable bonds is 3. The predicted octanol–water partition coefficient (Wildman–Crippen LogP) is 8.54. The van der Waals surface area contributed by atoms with E-state index >= 15 is 0 Å². The molecular weight excluding hydrogens is 476 g/mol. The van der Waals surface area contributed by atoms with Crippen LogP contribution in [0.1, 0.15) is 25.0 Å². The molecule has 39 heavy (non-hydrogen) atoms. The maximum atomic E-state index is 5.09. The lowest BCUT2D eigenvalue weighted by molar-refractivity contribution is 0.660. The van der Waals surface area contributed by atoms with Crippen molar-refractivity contribution in [3.63, 3.8) is 0 Å². The first kappa shape index (κ1) is 22.1. The van der Waals surface area contributed by atoms with Crippen LogP contribution in [0.4, 0.5) is 0 Å². The average molecular weight is 503 g/mol. The Balaban J connectivity index is 1.22. The molecule has 4 heteroatoms. The molecule has 0 saturated heterocycles. The Hall–Kier alpha value is -4.96. The molecule has 0 aliphatic heterocycles. The Kier molecular flexibility index (Phi) is 4.54. The van der Waals surface area contributed by atoms with Crippen molar-refractivity contribution >= 4 is 21.9 Å². The fraction of sp³-hybridized carbons (Fsp3) is 0.0857. The zero-order chi connectivity index (χ0) is 26.1. The van der Waals surface area contributed by atoms with Gasteiger partial charge in [0.25, 0.3) is 0 Å². The van der Waals surface area contributed by atoms with Crippen molar-refractivity contribution in [2.45, 2.75) is 19.3 Å². The lowest BCUT2D eigenvalue weighted by Gasteiger charge is -2.21. The predicted molar refractivity (Wildman–Crippen MR) is 159 cm³/mol. The van der Waals surface area contributed by atoms with Gasteiger partial charge in [-0.25, -0.2) is 9.97 Å². The minimum atomic E-state index is -0.0435. The number of nitrogens with one attached hydrogen (secondary N) is 1. The largest absolute Gasteiger partial charge is 0.347 e. The number of benzene rings is 3. The molecule has 0 atom stereocenters. The summed E-state index contributed by atoms with van der Waals surface area (Å²) in [7, 11) is 0. The smallest absolute Gasteiger partial charge is 0.139 e. The molecule has 4 nitrogen and oxygen atoms in total. The molecule has 0 spiro atoms. The first-order valence-corrected chi connectivity index (χ1v) is 13.4. The van der Waals surface area contributed by atoms with Gasteiger partial charge in [0, 0.05) is 27.9 Å². The highest BCUT2D eigenvalue weighted by atomic mass is 15.1. The summed E-state index contributed by atoms with van der Waals surface area (Å²) >= 11 is 0. The SMILES string of the molecule is CC1(C)c2ccccc2-c2ccc(-c3cccc(-c4cccc(-n5c6ccccc6c6cc[nH]c65)n4)n3)cc21. The second-order valence-corrected chi connectivity index (χ2v) is 10.8. The minimum Gasteiger partial charge on any atom is -0.347 e. The molecule has 7 aromatic rings. The fourth-order valence-corrected chi connectivity index (χ4v) is 6.31. The summed E-state index contributed by atoms with van der Waals surface area (Å²) in [6.07, 6.45) is 1.99. The third kappa shape index (κ3) is 3.18. The molecule has 3 aromatic carbocycles. The average Bonchev–Trinajstić information content (AvgIpc) is 3.64. The summed E-state index contributed by atoms with van der Waals surface area (Å²) in [5, 5.41) is 2.40. The topological polar surface area (TPSA) is 46.5 Å². The van der Waals surface area contributed by atoms with Crippen molar-refractivity contribution in [3.8, 4) is 39.6 Å². The molecule has 1 aliphatic rings. The molecule has 1 aliphatic carbocycles. The van der Waals surface area contributed by atoms with Gasteiger partial charge in [-0.15, -0.1) is 0 Å². The van der Waals surface area contributed by atoms with Gasteiger partial charge in [0.2, 0.25) is 0 Å². The van der Waals surface area contributed by atoms with Crippen LogP contribution < -0.4 is 0 Å².